The molecule has 11 heteroatoms. The number of aromatic nitrogens is 2. The molecular weight excluding hydrogens is 418 g/mol. The Bertz CT molecular complexity index is 873. The highest BCUT2D eigenvalue weighted by atomic mass is 19.4. The van der Waals surface area contributed by atoms with Gasteiger partial charge in [0.2, 0.25) is 0 Å². The molecule has 2 aromatic rings. The topological polar surface area (TPSA) is 64.3 Å². The summed E-state index contributed by atoms with van der Waals surface area (Å²) < 4.78 is 84.6. The molecule has 2 rings (SSSR count). The van der Waals surface area contributed by atoms with Crippen LogP contribution in [-0.2, 0) is 10.3 Å². The third-order valence-corrected chi connectivity index (χ3v) is 4.65. The number of ether oxygens (including phenoxy) is 1. The van der Waals surface area contributed by atoms with E-state index in [1.165, 1.54) is 10.8 Å². The molecule has 0 amide bonds. The molecule has 0 radical (unpaired) electrons. The molecule has 0 aliphatic carbocycles. The number of alkyl halides is 6. The number of benzene rings is 1. The number of hydrogen-bond acceptors (Lipinski definition) is 4. The second kappa shape index (κ2) is 8.29. The van der Waals surface area contributed by atoms with Crippen molar-refractivity contribution in [1.29, 1.82) is 0 Å². The molecule has 0 saturated carbocycles. The number of carbonyl (C=O) groups is 1. The van der Waals surface area contributed by atoms with Gasteiger partial charge in [-0.05, 0) is 25.5 Å². The molecule has 30 heavy (non-hydrogen) atoms. The van der Waals surface area contributed by atoms with Crippen LogP contribution in [-0.4, -0.2) is 39.6 Å². The Morgan fingerprint density at radius 3 is 2.07 bits per heavy atom. The predicted octanol–water partition coefficient (Wildman–Crippen LogP) is 4.87. The summed E-state index contributed by atoms with van der Waals surface area (Å²) in [5, 5.41) is 9.50. The van der Waals surface area contributed by atoms with Gasteiger partial charge in [-0.2, -0.15) is 26.3 Å². The molecular formula is C19H20F6N2O3. The van der Waals surface area contributed by atoms with E-state index in [1.807, 2.05) is 6.92 Å². The van der Waals surface area contributed by atoms with Crippen LogP contribution in [0.15, 0.2) is 30.5 Å². The van der Waals surface area contributed by atoms with Crippen molar-refractivity contribution in [2.24, 2.45) is 0 Å². The van der Waals surface area contributed by atoms with Crippen LogP contribution in [0.2, 0.25) is 0 Å². The normalized spacial score (nSPS) is 13.9. The standard InChI is InChI=1S/C19H20F6N2O3/c1-4-11(3)15-26-14(16(28)30-5-2)10-27(15)13-8-6-12(7-9-13)17(29,18(20,21)22)19(23,24)25/h6-11,29H,4-5H2,1-3H3. The first-order valence-corrected chi connectivity index (χ1v) is 9.01. The van der Waals surface area contributed by atoms with Crippen LogP contribution in [0.4, 0.5) is 26.3 Å². The minimum absolute atomic E-state index is 0.0432. The zero-order valence-electron chi connectivity index (χ0n) is 16.3. The summed E-state index contributed by atoms with van der Waals surface area (Å²) in [4.78, 5) is 16.2. The van der Waals surface area contributed by atoms with E-state index >= 15 is 0 Å². The largest absolute Gasteiger partial charge is 0.461 e. The first-order chi connectivity index (χ1) is 13.8. The number of carbonyl (C=O) groups excluding carboxylic acids is 1. The summed E-state index contributed by atoms with van der Waals surface area (Å²) in [5.74, 6) is -0.494. The van der Waals surface area contributed by atoms with E-state index in [0.717, 1.165) is 12.1 Å². The molecule has 0 aliphatic heterocycles. The lowest BCUT2D eigenvalue weighted by Gasteiger charge is -2.32. The van der Waals surface area contributed by atoms with E-state index in [4.69, 9.17) is 4.74 Å². The number of nitrogens with zero attached hydrogens (tertiary/aromatic N) is 2. The molecule has 166 valence electrons. The Morgan fingerprint density at radius 1 is 1.10 bits per heavy atom. The smallest absolute Gasteiger partial charge is 0.430 e. The average molecular weight is 438 g/mol. The molecule has 1 N–H and O–H groups in total. The maximum Gasteiger partial charge on any atom is 0.430 e. The fourth-order valence-electron chi connectivity index (χ4n) is 2.79. The Labute approximate surface area is 168 Å². The van der Waals surface area contributed by atoms with Gasteiger partial charge in [-0.1, -0.05) is 26.0 Å². The first-order valence-electron chi connectivity index (χ1n) is 9.01. The fraction of sp³-hybridized carbons (Fsp3) is 0.474. The van der Waals surface area contributed by atoms with Gasteiger partial charge in [0, 0.05) is 23.4 Å². The van der Waals surface area contributed by atoms with Gasteiger partial charge in [0.05, 0.1) is 6.61 Å². The molecule has 0 spiro atoms. The summed E-state index contributed by atoms with van der Waals surface area (Å²) in [5.41, 5.74) is -6.26. The van der Waals surface area contributed by atoms with Gasteiger partial charge in [-0.25, -0.2) is 9.78 Å². The van der Waals surface area contributed by atoms with Gasteiger partial charge in [0.1, 0.15) is 5.82 Å². The molecule has 0 aliphatic rings. The van der Waals surface area contributed by atoms with Crippen molar-refractivity contribution >= 4 is 5.97 Å². The van der Waals surface area contributed by atoms with Gasteiger partial charge in [-0.15, -0.1) is 0 Å². The monoisotopic (exact) mass is 438 g/mol. The van der Waals surface area contributed by atoms with Gasteiger partial charge < -0.3 is 14.4 Å². The van der Waals surface area contributed by atoms with Gasteiger partial charge in [-0.3, -0.25) is 0 Å². The molecule has 0 bridgehead atoms. The Hall–Kier alpha value is -2.56. The maximum atomic E-state index is 13.1. The van der Waals surface area contributed by atoms with Crippen LogP contribution < -0.4 is 0 Å². The van der Waals surface area contributed by atoms with E-state index in [-0.39, 0.29) is 23.9 Å². The minimum Gasteiger partial charge on any atom is -0.461 e. The number of imidazole rings is 1. The van der Waals surface area contributed by atoms with E-state index in [2.05, 4.69) is 4.98 Å². The van der Waals surface area contributed by atoms with E-state index in [1.54, 1.807) is 13.8 Å². The van der Waals surface area contributed by atoms with Crippen LogP contribution in [0.25, 0.3) is 5.69 Å². The highest BCUT2D eigenvalue weighted by Crippen LogP contribution is 2.50. The van der Waals surface area contributed by atoms with Gasteiger partial charge in [0.15, 0.2) is 5.69 Å². The molecule has 5 nitrogen and oxygen atoms in total. The fourth-order valence-corrected chi connectivity index (χ4v) is 2.79. The Morgan fingerprint density at radius 2 is 1.63 bits per heavy atom. The van der Waals surface area contributed by atoms with Crippen LogP contribution in [0.1, 0.15) is 55.0 Å². The molecule has 1 atom stereocenters. The van der Waals surface area contributed by atoms with Crippen LogP contribution in [0, 0.1) is 0 Å². The van der Waals surface area contributed by atoms with Gasteiger partial charge >= 0.3 is 18.3 Å². The zero-order chi connectivity index (χ0) is 22.9. The number of rotatable bonds is 6. The molecule has 1 aromatic heterocycles. The second-order valence-electron chi connectivity index (χ2n) is 6.64. The summed E-state index contributed by atoms with van der Waals surface area (Å²) in [6.07, 6.45) is -10.0. The third-order valence-electron chi connectivity index (χ3n) is 4.65. The van der Waals surface area contributed by atoms with E-state index in [9.17, 15) is 36.2 Å². The SMILES string of the molecule is CCOC(=O)c1cn(-c2ccc(C(O)(C(F)(F)F)C(F)(F)F)cc2)c(C(C)CC)n1. The molecule has 1 heterocycles. The van der Waals surface area contributed by atoms with Crippen molar-refractivity contribution < 1.29 is 41.0 Å². The average Bonchev–Trinajstić information content (AvgIpc) is 3.11. The van der Waals surface area contributed by atoms with E-state index < -0.39 is 29.5 Å². The van der Waals surface area contributed by atoms with Crippen molar-refractivity contribution in [3.8, 4) is 5.69 Å². The summed E-state index contributed by atoms with van der Waals surface area (Å²) in [6.45, 7) is 5.36. The van der Waals surface area contributed by atoms with Crippen molar-refractivity contribution in [3.63, 3.8) is 0 Å². The lowest BCUT2D eigenvalue weighted by atomic mass is 9.92. The quantitative estimate of drug-likeness (QED) is 0.516. The van der Waals surface area contributed by atoms with Crippen molar-refractivity contribution in [1.82, 2.24) is 9.55 Å². The lowest BCUT2D eigenvalue weighted by Crippen LogP contribution is -2.53. The predicted molar refractivity (Wildman–Crippen MR) is 94.2 cm³/mol. The van der Waals surface area contributed by atoms with Gasteiger partial charge in [0.25, 0.3) is 5.60 Å². The number of hydrogen-bond donors (Lipinski definition) is 1. The molecule has 1 aromatic carbocycles. The summed E-state index contributed by atoms with van der Waals surface area (Å²) in [6, 6.07) is 3.06. The highest BCUT2D eigenvalue weighted by Gasteiger charge is 2.71. The Kier molecular flexibility index (Phi) is 6.55. The number of halogens is 6. The first kappa shape index (κ1) is 23.7. The zero-order valence-corrected chi connectivity index (χ0v) is 16.3. The van der Waals surface area contributed by atoms with Crippen LogP contribution in [0.3, 0.4) is 0 Å². The minimum atomic E-state index is -5.97. The van der Waals surface area contributed by atoms with Crippen LogP contribution >= 0.6 is 0 Å². The Balaban J connectivity index is 2.56. The third kappa shape index (κ3) is 4.16. The second-order valence-corrected chi connectivity index (χ2v) is 6.64. The maximum absolute atomic E-state index is 13.1. The highest BCUT2D eigenvalue weighted by molar-refractivity contribution is 5.87. The number of aliphatic hydroxyl groups is 1. The van der Waals surface area contributed by atoms with Crippen LogP contribution in [0.5, 0.6) is 0 Å². The summed E-state index contributed by atoms with van der Waals surface area (Å²) in [7, 11) is 0. The van der Waals surface area contributed by atoms with Crippen molar-refractivity contribution in [3.05, 3.63) is 47.5 Å². The van der Waals surface area contributed by atoms with Crippen molar-refractivity contribution in [2.45, 2.75) is 51.1 Å². The number of esters is 1. The summed E-state index contributed by atoms with van der Waals surface area (Å²) >= 11 is 0. The van der Waals surface area contributed by atoms with Crippen molar-refractivity contribution in [2.75, 3.05) is 6.61 Å². The molecule has 0 saturated heterocycles. The lowest BCUT2D eigenvalue weighted by molar-refractivity contribution is -0.376. The molecule has 1 unspecified atom stereocenters. The molecule has 0 fully saturated rings. The van der Waals surface area contributed by atoms with E-state index in [0.29, 0.717) is 24.4 Å².